The average molecular weight is 450 g/mol. The summed E-state index contributed by atoms with van der Waals surface area (Å²) in [7, 11) is 0. The molecule has 2 aromatic carbocycles. The predicted octanol–water partition coefficient (Wildman–Crippen LogP) is 5.33. The van der Waals surface area contributed by atoms with Gasteiger partial charge in [0.25, 0.3) is 0 Å². The molecule has 10 heteroatoms. The van der Waals surface area contributed by atoms with E-state index in [1.54, 1.807) is 0 Å². The van der Waals surface area contributed by atoms with E-state index >= 15 is 0 Å². The molecule has 0 saturated carbocycles. The molecule has 3 rings (SSSR count). The van der Waals surface area contributed by atoms with E-state index in [4.69, 9.17) is 9.47 Å². The normalized spacial score (nSPS) is 24.3. The first-order valence-corrected chi connectivity index (χ1v) is 9.41. The van der Waals surface area contributed by atoms with Crippen molar-refractivity contribution in [3.63, 3.8) is 0 Å². The van der Waals surface area contributed by atoms with Crippen LogP contribution < -0.4 is 4.74 Å². The Morgan fingerprint density at radius 2 is 1.58 bits per heavy atom. The van der Waals surface area contributed by atoms with Crippen molar-refractivity contribution in [1.82, 2.24) is 0 Å². The molecule has 31 heavy (non-hydrogen) atoms. The van der Waals surface area contributed by atoms with Crippen LogP contribution in [0.1, 0.15) is 37.8 Å². The first-order valence-electron chi connectivity index (χ1n) is 9.41. The minimum Gasteiger partial charge on any atom is -0.429 e. The van der Waals surface area contributed by atoms with Gasteiger partial charge < -0.3 is 19.3 Å². The highest BCUT2D eigenvalue weighted by Crippen LogP contribution is 2.39. The molecule has 1 N–H and O–H groups in total. The Balaban J connectivity index is 1.81. The molecule has 0 aromatic heterocycles. The Kier molecular flexibility index (Phi) is 6.28. The minimum atomic E-state index is -4.37. The molecule has 2 aromatic rings. The zero-order chi connectivity index (χ0) is 23.0. The summed E-state index contributed by atoms with van der Waals surface area (Å²) in [6, 6.07) is 2.56. The number of hydrogen-bond acceptors (Lipinski definition) is 4. The van der Waals surface area contributed by atoms with Gasteiger partial charge in [0.2, 0.25) is 0 Å². The van der Waals surface area contributed by atoms with Crippen LogP contribution in [-0.4, -0.2) is 18.3 Å². The number of halogens is 6. The molecule has 4 nitrogen and oxygen atoms in total. The van der Waals surface area contributed by atoms with Gasteiger partial charge in [0, 0.05) is 23.1 Å². The highest BCUT2D eigenvalue weighted by atomic mass is 19.3. The Labute approximate surface area is 174 Å². The second-order valence-electron chi connectivity index (χ2n) is 7.73. The second kappa shape index (κ2) is 8.33. The van der Waals surface area contributed by atoms with E-state index in [2.05, 4.69) is 4.74 Å². The lowest BCUT2D eigenvalue weighted by atomic mass is 9.86. The highest BCUT2D eigenvalue weighted by molar-refractivity contribution is 5.31. The van der Waals surface area contributed by atoms with Crippen molar-refractivity contribution in [2.24, 2.45) is 5.41 Å². The maximum Gasteiger partial charge on any atom is 0.429 e. The van der Waals surface area contributed by atoms with Crippen molar-refractivity contribution in [3.05, 3.63) is 64.7 Å². The summed E-state index contributed by atoms with van der Waals surface area (Å²) in [5, 5.41) is 10.5. The molecular weight excluding hydrogens is 430 g/mol. The average Bonchev–Trinajstić information content (AvgIpc) is 2.68. The second-order valence-corrected chi connectivity index (χ2v) is 7.73. The van der Waals surface area contributed by atoms with Crippen molar-refractivity contribution in [2.75, 3.05) is 13.2 Å². The number of alkyl halides is 2. The molecule has 0 spiro atoms. The Bertz CT molecular complexity index is 934. The van der Waals surface area contributed by atoms with Gasteiger partial charge in [-0.1, -0.05) is 26.3 Å². The van der Waals surface area contributed by atoms with Crippen LogP contribution in [0, 0.1) is 28.7 Å². The van der Waals surface area contributed by atoms with Crippen LogP contribution in [0.2, 0.25) is 0 Å². The van der Waals surface area contributed by atoms with Gasteiger partial charge in [-0.05, 0) is 18.6 Å². The van der Waals surface area contributed by atoms with Gasteiger partial charge in [0.1, 0.15) is 11.6 Å². The first-order chi connectivity index (χ1) is 14.4. The number of ether oxygens (including phenoxy) is 3. The van der Waals surface area contributed by atoms with Crippen molar-refractivity contribution < 1.29 is 45.7 Å². The zero-order valence-corrected chi connectivity index (χ0v) is 16.7. The monoisotopic (exact) mass is 450 g/mol. The van der Waals surface area contributed by atoms with Crippen LogP contribution in [-0.2, 0) is 21.6 Å². The summed E-state index contributed by atoms with van der Waals surface area (Å²) in [4.78, 5) is 0. The summed E-state index contributed by atoms with van der Waals surface area (Å²) in [6.07, 6.45) is -2.76. The van der Waals surface area contributed by atoms with Crippen molar-refractivity contribution in [2.45, 2.75) is 38.8 Å². The van der Waals surface area contributed by atoms with Crippen LogP contribution >= 0.6 is 0 Å². The van der Waals surface area contributed by atoms with Gasteiger partial charge in [0.05, 0.1) is 18.8 Å². The number of rotatable bonds is 6. The third kappa shape index (κ3) is 4.81. The minimum absolute atomic E-state index is 0.0989. The van der Waals surface area contributed by atoms with Crippen molar-refractivity contribution >= 4 is 0 Å². The van der Waals surface area contributed by atoms with Gasteiger partial charge in [-0.25, -0.2) is 17.6 Å². The molecule has 0 bridgehead atoms. The van der Waals surface area contributed by atoms with E-state index in [1.165, 1.54) is 0 Å². The van der Waals surface area contributed by atoms with Crippen molar-refractivity contribution in [1.29, 1.82) is 0 Å². The van der Waals surface area contributed by atoms with Gasteiger partial charge in [-0.2, -0.15) is 8.78 Å². The lowest BCUT2D eigenvalue weighted by Gasteiger charge is -2.41. The quantitative estimate of drug-likeness (QED) is 0.478. The molecule has 0 aliphatic carbocycles. The van der Waals surface area contributed by atoms with E-state index in [1.807, 2.05) is 13.8 Å². The van der Waals surface area contributed by atoms with E-state index < -0.39 is 46.7 Å². The Hall–Kier alpha value is -2.30. The largest absolute Gasteiger partial charge is 0.429 e. The summed E-state index contributed by atoms with van der Waals surface area (Å²) in [6.45, 7) is 4.05. The molecule has 170 valence electrons. The van der Waals surface area contributed by atoms with Gasteiger partial charge >= 0.3 is 12.1 Å². The molecule has 1 fully saturated rings. The standard InChI is InChI=1S/C21H20F6O4/c1-3-6-19(2)10-29-21(28,30-11-19)12-4-5-14(15(22)7-12)20(26,27)31-13-8-16(23)18(25)17(24)9-13/h4-5,7-9,28H,3,6,10-11H2,1-2H3. The highest BCUT2D eigenvalue weighted by Gasteiger charge is 2.44. The summed E-state index contributed by atoms with van der Waals surface area (Å²) in [5.41, 5.74) is -1.90. The maximum atomic E-state index is 14.5. The first kappa shape index (κ1) is 23.4. The molecule has 1 aliphatic rings. The van der Waals surface area contributed by atoms with Crippen LogP contribution in [0.25, 0.3) is 0 Å². The topological polar surface area (TPSA) is 47.9 Å². The smallest absolute Gasteiger partial charge is 0.429 e. The Morgan fingerprint density at radius 3 is 2.10 bits per heavy atom. The molecule has 1 aliphatic heterocycles. The van der Waals surface area contributed by atoms with E-state index in [0.29, 0.717) is 12.1 Å². The molecule has 1 heterocycles. The van der Waals surface area contributed by atoms with Crippen molar-refractivity contribution in [3.8, 4) is 5.75 Å². The third-order valence-corrected chi connectivity index (χ3v) is 4.94. The SMILES string of the molecule is CCCC1(C)COC(O)(c2ccc(C(F)(F)Oc3cc(F)c(F)c(F)c3)c(F)c2)OC1. The van der Waals surface area contributed by atoms with Gasteiger partial charge in [-0.15, -0.1) is 0 Å². The number of hydrogen-bond donors (Lipinski definition) is 1. The van der Waals surface area contributed by atoms with Crippen LogP contribution in [0.3, 0.4) is 0 Å². The maximum absolute atomic E-state index is 14.5. The Morgan fingerprint density at radius 1 is 1.00 bits per heavy atom. The molecule has 0 amide bonds. The fourth-order valence-electron chi connectivity index (χ4n) is 3.28. The van der Waals surface area contributed by atoms with E-state index in [9.17, 15) is 31.4 Å². The van der Waals surface area contributed by atoms with E-state index in [0.717, 1.165) is 18.9 Å². The summed E-state index contributed by atoms with van der Waals surface area (Å²) in [5.74, 6) is -10.2. The van der Waals surface area contributed by atoms with Gasteiger partial charge in [0.15, 0.2) is 17.5 Å². The van der Waals surface area contributed by atoms with E-state index in [-0.39, 0.29) is 36.3 Å². The molecular formula is C21H20F6O4. The van der Waals surface area contributed by atoms with Crippen LogP contribution in [0.5, 0.6) is 5.75 Å². The van der Waals surface area contributed by atoms with Crippen LogP contribution in [0.4, 0.5) is 26.3 Å². The molecule has 1 saturated heterocycles. The molecule has 0 unspecified atom stereocenters. The third-order valence-electron chi connectivity index (χ3n) is 4.94. The fraction of sp³-hybridized carbons (Fsp3) is 0.429. The lowest BCUT2D eigenvalue weighted by Crippen LogP contribution is -2.46. The molecule has 0 radical (unpaired) electrons. The predicted molar refractivity (Wildman–Crippen MR) is 96.1 cm³/mol. The number of aliphatic hydroxyl groups is 1. The summed E-state index contributed by atoms with van der Waals surface area (Å²) < 4.78 is 97.6. The lowest BCUT2D eigenvalue weighted by molar-refractivity contribution is -0.414. The summed E-state index contributed by atoms with van der Waals surface area (Å²) >= 11 is 0. The van der Waals surface area contributed by atoms with Gasteiger partial charge in [-0.3, -0.25) is 0 Å². The van der Waals surface area contributed by atoms with Crippen LogP contribution in [0.15, 0.2) is 30.3 Å². The fourth-order valence-corrected chi connectivity index (χ4v) is 3.28. The zero-order valence-electron chi connectivity index (χ0n) is 16.7. The number of benzene rings is 2. The molecule has 0 atom stereocenters.